The quantitative estimate of drug-likeness (QED) is 0.484. The van der Waals surface area contributed by atoms with Gasteiger partial charge in [-0.25, -0.2) is 4.98 Å². The summed E-state index contributed by atoms with van der Waals surface area (Å²) in [6, 6.07) is 13.3. The van der Waals surface area contributed by atoms with E-state index in [1.165, 1.54) is 0 Å². The molecule has 0 N–H and O–H groups in total. The van der Waals surface area contributed by atoms with Gasteiger partial charge in [-0.1, -0.05) is 25.1 Å². The zero-order chi connectivity index (χ0) is 21.8. The summed E-state index contributed by atoms with van der Waals surface area (Å²) in [6.45, 7) is 7.20. The van der Waals surface area contributed by atoms with Gasteiger partial charge in [0.15, 0.2) is 11.5 Å². The van der Waals surface area contributed by atoms with Crippen LogP contribution in [0, 0.1) is 6.92 Å². The number of aromatic nitrogens is 1. The Hall–Kier alpha value is -3.06. The highest BCUT2D eigenvalue weighted by Crippen LogP contribution is 2.33. The number of fused-ring (bicyclic) bond motifs is 1. The number of hydrogen-bond acceptors (Lipinski definition) is 6. The van der Waals surface area contributed by atoms with Crippen molar-refractivity contribution in [2.45, 2.75) is 46.4 Å². The topological polar surface area (TPSA) is 60.9 Å². The van der Waals surface area contributed by atoms with Crippen molar-refractivity contribution in [3.63, 3.8) is 0 Å². The molecule has 0 saturated heterocycles. The summed E-state index contributed by atoms with van der Waals surface area (Å²) in [5.41, 5.74) is 2.54. The molecule has 1 aliphatic rings. The Labute approximate surface area is 186 Å². The zero-order valence-corrected chi connectivity index (χ0v) is 18.8. The predicted octanol–water partition coefficient (Wildman–Crippen LogP) is 5.20. The Kier molecular flexibility index (Phi) is 6.42. The van der Waals surface area contributed by atoms with Crippen molar-refractivity contribution in [3.8, 4) is 17.2 Å². The van der Waals surface area contributed by atoms with Crippen LogP contribution in [0.25, 0.3) is 0 Å². The number of carbonyl (C=O) groups excluding carboxylic acids is 1. The normalized spacial score (nSPS) is 13.1. The van der Waals surface area contributed by atoms with Crippen molar-refractivity contribution in [1.29, 1.82) is 0 Å². The number of amides is 1. The Morgan fingerprint density at radius 3 is 2.84 bits per heavy atom. The van der Waals surface area contributed by atoms with Crippen LogP contribution in [0.1, 0.15) is 46.9 Å². The molecule has 31 heavy (non-hydrogen) atoms. The molecule has 7 heteroatoms. The zero-order valence-electron chi connectivity index (χ0n) is 18.0. The second-order valence-electron chi connectivity index (χ2n) is 7.55. The molecule has 1 aliphatic heterocycles. The Morgan fingerprint density at radius 2 is 2.03 bits per heavy atom. The Bertz CT molecular complexity index is 1070. The van der Waals surface area contributed by atoms with Gasteiger partial charge in [0.1, 0.15) is 17.4 Å². The molecule has 0 saturated carbocycles. The van der Waals surface area contributed by atoms with Crippen molar-refractivity contribution in [3.05, 3.63) is 69.7 Å². The van der Waals surface area contributed by atoms with Crippen molar-refractivity contribution in [2.24, 2.45) is 0 Å². The summed E-state index contributed by atoms with van der Waals surface area (Å²) in [5.74, 6) is 2.10. The van der Waals surface area contributed by atoms with Gasteiger partial charge in [0.05, 0.1) is 12.2 Å². The van der Waals surface area contributed by atoms with E-state index in [2.05, 4.69) is 13.8 Å². The van der Waals surface area contributed by atoms with Gasteiger partial charge in [-0.2, -0.15) is 0 Å². The minimum atomic E-state index is -0.0432. The standard InChI is InChI=1S/C24H26N2O4S/c1-4-17(3)26(24(27)18-9-10-21-22(11-18)30-15-29-21)12-19-14-31-23(25-19)13-28-20-8-6-5-7-16(20)2/h5-11,14,17H,4,12-13,15H2,1-3H3. The number of nitrogens with zero attached hydrogens (tertiary/aromatic N) is 2. The molecule has 162 valence electrons. The number of carbonyl (C=O) groups is 1. The smallest absolute Gasteiger partial charge is 0.254 e. The average Bonchev–Trinajstić information content (AvgIpc) is 3.44. The van der Waals surface area contributed by atoms with Crippen LogP contribution in [0.5, 0.6) is 17.2 Å². The van der Waals surface area contributed by atoms with E-state index < -0.39 is 0 Å². The van der Waals surface area contributed by atoms with E-state index in [9.17, 15) is 4.79 Å². The van der Waals surface area contributed by atoms with Gasteiger partial charge in [-0.15, -0.1) is 11.3 Å². The van der Waals surface area contributed by atoms with Gasteiger partial charge in [-0.05, 0) is 50.1 Å². The third-order valence-electron chi connectivity index (χ3n) is 5.38. The SMILES string of the molecule is CCC(C)N(Cc1csc(COc2ccccc2C)n1)C(=O)c1ccc2c(c1)OCO2. The number of hydrogen-bond donors (Lipinski definition) is 0. The van der Waals surface area contributed by atoms with E-state index in [0.717, 1.165) is 28.4 Å². The molecule has 1 amide bonds. The van der Waals surface area contributed by atoms with Gasteiger partial charge in [0.25, 0.3) is 5.91 Å². The van der Waals surface area contributed by atoms with Crippen molar-refractivity contribution in [1.82, 2.24) is 9.88 Å². The molecular formula is C24H26N2O4S. The first-order valence-corrected chi connectivity index (χ1v) is 11.3. The number of rotatable bonds is 8. The Morgan fingerprint density at radius 1 is 1.23 bits per heavy atom. The maximum atomic E-state index is 13.3. The van der Waals surface area contributed by atoms with Gasteiger partial charge in [0, 0.05) is 17.0 Å². The third kappa shape index (κ3) is 4.82. The van der Waals surface area contributed by atoms with Crippen LogP contribution < -0.4 is 14.2 Å². The molecule has 2 heterocycles. The highest BCUT2D eigenvalue weighted by Gasteiger charge is 2.24. The largest absolute Gasteiger partial charge is 0.486 e. The first-order valence-electron chi connectivity index (χ1n) is 10.4. The highest BCUT2D eigenvalue weighted by molar-refractivity contribution is 7.09. The van der Waals surface area contributed by atoms with Crippen LogP contribution in [0.4, 0.5) is 0 Å². The maximum absolute atomic E-state index is 13.3. The van der Waals surface area contributed by atoms with Gasteiger partial charge in [0.2, 0.25) is 6.79 Å². The van der Waals surface area contributed by atoms with Crippen LogP contribution in [-0.2, 0) is 13.2 Å². The molecule has 1 atom stereocenters. The third-order valence-corrected chi connectivity index (χ3v) is 6.25. The number of thiazole rings is 1. The lowest BCUT2D eigenvalue weighted by atomic mass is 10.1. The van der Waals surface area contributed by atoms with E-state index in [-0.39, 0.29) is 18.7 Å². The predicted molar refractivity (Wildman–Crippen MR) is 120 cm³/mol. The lowest BCUT2D eigenvalue weighted by Crippen LogP contribution is -2.37. The minimum absolute atomic E-state index is 0.0432. The molecule has 2 aromatic carbocycles. The van der Waals surface area contributed by atoms with Crippen LogP contribution in [0.15, 0.2) is 47.8 Å². The fraction of sp³-hybridized carbons (Fsp3) is 0.333. The number of aryl methyl sites for hydroxylation is 1. The number of para-hydroxylation sites is 1. The summed E-state index contributed by atoms with van der Waals surface area (Å²) in [5, 5.41) is 2.89. The highest BCUT2D eigenvalue weighted by atomic mass is 32.1. The summed E-state index contributed by atoms with van der Waals surface area (Å²) in [6.07, 6.45) is 0.851. The first kappa shape index (κ1) is 21.2. The molecule has 1 unspecified atom stereocenters. The fourth-order valence-corrected chi connectivity index (χ4v) is 4.06. The molecule has 0 fully saturated rings. The molecule has 0 spiro atoms. The lowest BCUT2D eigenvalue weighted by Gasteiger charge is -2.28. The number of benzene rings is 2. The fourth-order valence-electron chi connectivity index (χ4n) is 3.36. The molecule has 6 nitrogen and oxygen atoms in total. The van der Waals surface area contributed by atoms with Crippen LogP contribution in [0.3, 0.4) is 0 Å². The second kappa shape index (κ2) is 9.39. The van der Waals surface area contributed by atoms with E-state index >= 15 is 0 Å². The van der Waals surface area contributed by atoms with Crippen molar-refractivity contribution >= 4 is 17.2 Å². The molecule has 1 aromatic heterocycles. The summed E-state index contributed by atoms with van der Waals surface area (Å²) in [7, 11) is 0. The van der Waals surface area contributed by atoms with Gasteiger partial charge >= 0.3 is 0 Å². The Balaban J connectivity index is 1.46. The lowest BCUT2D eigenvalue weighted by molar-refractivity contribution is 0.0668. The van der Waals surface area contributed by atoms with E-state index in [4.69, 9.17) is 19.2 Å². The van der Waals surface area contributed by atoms with E-state index in [1.54, 1.807) is 29.5 Å². The van der Waals surface area contributed by atoms with Crippen LogP contribution in [-0.4, -0.2) is 28.6 Å². The molecule has 3 aromatic rings. The minimum Gasteiger partial charge on any atom is -0.486 e. The van der Waals surface area contributed by atoms with Crippen LogP contribution in [0.2, 0.25) is 0 Å². The molecule has 0 bridgehead atoms. The van der Waals surface area contributed by atoms with E-state index in [0.29, 0.717) is 30.2 Å². The summed E-state index contributed by atoms with van der Waals surface area (Å²) < 4.78 is 16.7. The maximum Gasteiger partial charge on any atom is 0.254 e. The summed E-state index contributed by atoms with van der Waals surface area (Å²) in [4.78, 5) is 19.8. The van der Waals surface area contributed by atoms with E-state index in [1.807, 2.05) is 41.5 Å². The van der Waals surface area contributed by atoms with Crippen LogP contribution >= 0.6 is 11.3 Å². The van der Waals surface area contributed by atoms with Crippen molar-refractivity contribution in [2.75, 3.05) is 6.79 Å². The molecule has 0 aliphatic carbocycles. The second-order valence-corrected chi connectivity index (χ2v) is 8.49. The van der Waals surface area contributed by atoms with Gasteiger partial charge in [-0.3, -0.25) is 4.79 Å². The number of ether oxygens (including phenoxy) is 3. The first-order chi connectivity index (χ1) is 15.0. The molecule has 0 radical (unpaired) electrons. The molecule has 4 rings (SSSR count). The van der Waals surface area contributed by atoms with Gasteiger partial charge < -0.3 is 19.1 Å². The average molecular weight is 439 g/mol. The monoisotopic (exact) mass is 438 g/mol. The summed E-state index contributed by atoms with van der Waals surface area (Å²) >= 11 is 1.55. The molecular weight excluding hydrogens is 412 g/mol. The van der Waals surface area contributed by atoms with Crippen molar-refractivity contribution < 1.29 is 19.0 Å².